The Bertz CT molecular complexity index is 446. The van der Waals surface area contributed by atoms with Gasteiger partial charge in [0.15, 0.2) is 0 Å². The SMILES string of the molecule is FC(F)(F)c1cccnc1NC1(C(F)(F)F)CC1. The molecule has 0 aliphatic heterocycles. The van der Waals surface area contributed by atoms with E-state index in [0.717, 1.165) is 12.3 Å². The van der Waals surface area contributed by atoms with Gasteiger partial charge in [-0.15, -0.1) is 0 Å². The molecule has 1 aromatic rings. The van der Waals surface area contributed by atoms with E-state index in [4.69, 9.17) is 0 Å². The van der Waals surface area contributed by atoms with Gasteiger partial charge in [-0.2, -0.15) is 26.3 Å². The fraction of sp³-hybridized carbons (Fsp3) is 0.500. The Kier molecular flexibility index (Phi) is 2.71. The molecule has 0 saturated heterocycles. The first kappa shape index (κ1) is 13.0. The smallest absolute Gasteiger partial charge is 0.356 e. The topological polar surface area (TPSA) is 24.9 Å². The molecule has 2 nitrogen and oxygen atoms in total. The third-order valence-electron chi connectivity index (χ3n) is 2.76. The fourth-order valence-electron chi connectivity index (χ4n) is 1.56. The number of pyridine rings is 1. The molecular formula is C10H8F6N2. The lowest BCUT2D eigenvalue weighted by molar-refractivity contribution is -0.152. The molecule has 1 N–H and O–H groups in total. The molecule has 0 atom stereocenters. The predicted octanol–water partition coefficient (Wildman–Crippen LogP) is 3.61. The number of alkyl halides is 6. The number of hydrogen-bond donors (Lipinski definition) is 1. The first-order valence-electron chi connectivity index (χ1n) is 5.03. The summed E-state index contributed by atoms with van der Waals surface area (Å²) in [4.78, 5) is 3.35. The lowest BCUT2D eigenvalue weighted by Crippen LogP contribution is -2.39. The van der Waals surface area contributed by atoms with Gasteiger partial charge in [0.1, 0.15) is 11.4 Å². The van der Waals surface area contributed by atoms with Crippen molar-refractivity contribution in [2.45, 2.75) is 30.7 Å². The van der Waals surface area contributed by atoms with Crippen LogP contribution in [0.25, 0.3) is 0 Å². The van der Waals surface area contributed by atoms with E-state index in [-0.39, 0.29) is 12.8 Å². The zero-order valence-electron chi connectivity index (χ0n) is 8.86. The summed E-state index contributed by atoms with van der Waals surface area (Å²) in [6.07, 6.45) is -8.80. The predicted molar refractivity (Wildman–Crippen MR) is 50.9 cm³/mol. The van der Waals surface area contributed by atoms with Crippen molar-refractivity contribution in [3.63, 3.8) is 0 Å². The highest BCUT2D eigenvalue weighted by molar-refractivity contribution is 5.50. The van der Waals surface area contributed by atoms with Crippen LogP contribution >= 0.6 is 0 Å². The molecule has 0 bridgehead atoms. The average molecular weight is 270 g/mol. The second-order valence-corrected chi connectivity index (χ2v) is 4.10. The highest BCUT2D eigenvalue weighted by Crippen LogP contribution is 2.51. The molecule has 1 aliphatic carbocycles. The van der Waals surface area contributed by atoms with Gasteiger partial charge in [-0.1, -0.05) is 0 Å². The van der Waals surface area contributed by atoms with Crippen molar-refractivity contribution in [3.05, 3.63) is 23.9 Å². The van der Waals surface area contributed by atoms with Crippen LogP contribution in [-0.4, -0.2) is 16.7 Å². The van der Waals surface area contributed by atoms with Gasteiger partial charge in [0, 0.05) is 6.20 Å². The van der Waals surface area contributed by atoms with Gasteiger partial charge in [0.05, 0.1) is 5.56 Å². The number of nitrogens with zero attached hydrogens (tertiary/aromatic N) is 1. The summed E-state index contributed by atoms with van der Waals surface area (Å²) in [5.41, 5.74) is -3.46. The van der Waals surface area contributed by atoms with Gasteiger partial charge < -0.3 is 5.32 Å². The molecule has 1 aliphatic rings. The normalized spacial score (nSPS) is 18.6. The molecule has 1 aromatic heterocycles. The van der Waals surface area contributed by atoms with Gasteiger partial charge in [-0.3, -0.25) is 0 Å². The standard InChI is InChI=1S/C10H8F6N2/c11-9(12,13)6-2-1-5-17-7(6)18-8(3-4-8)10(14,15)16/h1-2,5H,3-4H2,(H,17,18). The second-order valence-electron chi connectivity index (χ2n) is 4.10. The van der Waals surface area contributed by atoms with E-state index in [2.05, 4.69) is 4.98 Å². The second kappa shape index (κ2) is 3.76. The van der Waals surface area contributed by atoms with Crippen LogP contribution in [-0.2, 0) is 6.18 Å². The van der Waals surface area contributed by atoms with E-state index < -0.39 is 29.3 Å². The third kappa shape index (κ3) is 2.23. The summed E-state index contributed by atoms with van der Waals surface area (Å²) in [5, 5.41) is 1.89. The lowest BCUT2D eigenvalue weighted by Gasteiger charge is -2.23. The Hall–Kier alpha value is -1.47. The van der Waals surface area contributed by atoms with Crippen LogP contribution in [0.2, 0.25) is 0 Å². The molecule has 2 rings (SSSR count). The van der Waals surface area contributed by atoms with Gasteiger partial charge in [-0.25, -0.2) is 4.98 Å². The van der Waals surface area contributed by atoms with Crippen molar-refractivity contribution < 1.29 is 26.3 Å². The van der Waals surface area contributed by atoms with E-state index in [9.17, 15) is 26.3 Å². The van der Waals surface area contributed by atoms with Gasteiger partial charge in [0.2, 0.25) is 0 Å². The van der Waals surface area contributed by atoms with E-state index >= 15 is 0 Å². The Morgan fingerprint density at radius 3 is 2.17 bits per heavy atom. The summed E-state index contributed by atoms with van der Waals surface area (Å²) in [6, 6.07) is 1.73. The van der Waals surface area contributed by atoms with Crippen LogP contribution in [0.4, 0.5) is 32.2 Å². The summed E-state index contributed by atoms with van der Waals surface area (Å²) >= 11 is 0. The van der Waals surface area contributed by atoms with Crippen molar-refractivity contribution in [3.8, 4) is 0 Å². The molecule has 100 valence electrons. The molecule has 0 unspecified atom stereocenters. The number of aromatic nitrogens is 1. The van der Waals surface area contributed by atoms with Gasteiger partial charge in [-0.05, 0) is 25.0 Å². The first-order chi connectivity index (χ1) is 8.16. The molecule has 18 heavy (non-hydrogen) atoms. The van der Waals surface area contributed by atoms with Crippen LogP contribution in [0.3, 0.4) is 0 Å². The maximum absolute atomic E-state index is 12.6. The van der Waals surface area contributed by atoms with Crippen LogP contribution in [0.15, 0.2) is 18.3 Å². The lowest BCUT2D eigenvalue weighted by atomic mass is 10.2. The van der Waals surface area contributed by atoms with Crippen LogP contribution < -0.4 is 5.32 Å². The van der Waals surface area contributed by atoms with Gasteiger partial charge >= 0.3 is 12.4 Å². The number of nitrogens with one attached hydrogen (secondary N) is 1. The molecule has 1 saturated carbocycles. The average Bonchev–Trinajstić information content (AvgIpc) is 2.97. The molecule has 0 amide bonds. The number of halogens is 6. The maximum atomic E-state index is 12.6. The molecule has 0 spiro atoms. The van der Waals surface area contributed by atoms with E-state index in [0.29, 0.717) is 6.07 Å². The number of rotatable bonds is 2. The van der Waals surface area contributed by atoms with Crippen molar-refractivity contribution in [1.82, 2.24) is 4.98 Å². The van der Waals surface area contributed by atoms with E-state index in [1.807, 2.05) is 5.32 Å². The molecule has 1 heterocycles. The molecular weight excluding hydrogens is 262 g/mol. The maximum Gasteiger partial charge on any atom is 0.419 e. The minimum absolute atomic E-state index is 0.246. The highest BCUT2D eigenvalue weighted by Gasteiger charge is 2.64. The monoisotopic (exact) mass is 270 g/mol. The summed E-state index contributed by atoms with van der Waals surface area (Å²) in [6.45, 7) is 0. The van der Waals surface area contributed by atoms with Crippen molar-refractivity contribution in [1.29, 1.82) is 0 Å². The highest BCUT2D eigenvalue weighted by atomic mass is 19.4. The van der Waals surface area contributed by atoms with Crippen molar-refractivity contribution in [2.75, 3.05) is 5.32 Å². The Morgan fingerprint density at radius 1 is 1.11 bits per heavy atom. The zero-order chi connectivity index (χ0) is 13.6. The quantitative estimate of drug-likeness (QED) is 0.830. The molecule has 1 fully saturated rings. The van der Waals surface area contributed by atoms with Gasteiger partial charge in [0.25, 0.3) is 0 Å². The van der Waals surface area contributed by atoms with E-state index in [1.54, 1.807) is 0 Å². The first-order valence-corrected chi connectivity index (χ1v) is 5.03. The Morgan fingerprint density at radius 2 is 1.72 bits per heavy atom. The van der Waals surface area contributed by atoms with Crippen molar-refractivity contribution in [2.24, 2.45) is 0 Å². The minimum atomic E-state index is -4.74. The van der Waals surface area contributed by atoms with E-state index in [1.165, 1.54) is 0 Å². The van der Waals surface area contributed by atoms with Crippen LogP contribution in [0, 0.1) is 0 Å². The number of hydrogen-bond acceptors (Lipinski definition) is 2. The summed E-state index contributed by atoms with van der Waals surface area (Å²) in [7, 11) is 0. The summed E-state index contributed by atoms with van der Waals surface area (Å²) < 4.78 is 75.7. The van der Waals surface area contributed by atoms with Crippen LogP contribution in [0.1, 0.15) is 18.4 Å². The molecule has 0 aromatic carbocycles. The largest absolute Gasteiger partial charge is 0.419 e. The molecule has 8 heteroatoms. The Balaban J connectivity index is 2.31. The third-order valence-corrected chi connectivity index (χ3v) is 2.76. The zero-order valence-corrected chi connectivity index (χ0v) is 8.86. The number of anilines is 1. The molecule has 0 radical (unpaired) electrons. The van der Waals surface area contributed by atoms with Crippen LogP contribution in [0.5, 0.6) is 0 Å². The van der Waals surface area contributed by atoms with Crippen molar-refractivity contribution >= 4 is 5.82 Å². The fourth-order valence-corrected chi connectivity index (χ4v) is 1.56. The minimum Gasteiger partial charge on any atom is -0.356 e. The summed E-state index contributed by atoms with van der Waals surface area (Å²) in [5.74, 6) is -0.778. The Labute approximate surface area is 98.0 Å².